The van der Waals surface area contributed by atoms with Gasteiger partial charge in [0.25, 0.3) is 0 Å². The van der Waals surface area contributed by atoms with Gasteiger partial charge in [0.15, 0.2) is 0 Å². The minimum Gasteiger partial charge on any atom is -0.395 e. The number of likely N-dealkylation sites (tertiary alicyclic amines) is 1. The molecule has 0 aromatic rings. The highest BCUT2D eigenvalue weighted by atomic mass is 16.3. The highest BCUT2D eigenvalue weighted by Gasteiger charge is 2.30. The molecule has 0 aliphatic carbocycles. The van der Waals surface area contributed by atoms with E-state index in [2.05, 4.69) is 44.5 Å². The monoisotopic (exact) mass is 240 g/mol. The molecule has 3 nitrogen and oxygen atoms in total. The summed E-state index contributed by atoms with van der Waals surface area (Å²) in [6.07, 6.45) is 1.19. The molecule has 1 aliphatic heterocycles. The van der Waals surface area contributed by atoms with Gasteiger partial charge in [-0.05, 0) is 45.2 Å². The van der Waals surface area contributed by atoms with Crippen molar-refractivity contribution in [1.29, 1.82) is 0 Å². The Morgan fingerprint density at radius 1 is 1.47 bits per heavy atom. The molecule has 1 rings (SSSR count). The summed E-state index contributed by atoms with van der Waals surface area (Å²) in [6.45, 7) is 15.9. The van der Waals surface area contributed by atoms with Gasteiger partial charge >= 0.3 is 0 Å². The van der Waals surface area contributed by atoms with E-state index < -0.39 is 0 Å². The van der Waals surface area contributed by atoms with Crippen LogP contribution in [0.25, 0.3) is 0 Å². The zero-order valence-electron chi connectivity index (χ0n) is 11.8. The molecule has 1 fully saturated rings. The van der Waals surface area contributed by atoms with Gasteiger partial charge in [0.05, 0.1) is 6.61 Å². The first-order chi connectivity index (χ1) is 7.83. The minimum absolute atomic E-state index is 0.137. The zero-order valence-corrected chi connectivity index (χ0v) is 11.8. The van der Waals surface area contributed by atoms with Gasteiger partial charge < -0.3 is 10.4 Å². The SMILES string of the molecule is C=C(CNC(C)(C)C)CN1CCC(C)C1CO. The van der Waals surface area contributed by atoms with Gasteiger partial charge in [0, 0.05) is 24.7 Å². The third-order valence-corrected chi connectivity index (χ3v) is 3.48. The Morgan fingerprint density at radius 3 is 2.65 bits per heavy atom. The summed E-state index contributed by atoms with van der Waals surface area (Å²) in [5.41, 5.74) is 1.34. The summed E-state index contributed by atoms with van der Waals surface area (Å²) in [4.78, 5) is 2.36. The maximum atomic E-state index is 9.39. The Kier molecular flexibility index (Phi) is 5.17. The summed E-state index contributed by atoms with van der Waals surface area (Å²) >= 11 is 0. The normalized spacial score (nSPS) is 26.4. The van der Waals surface area contributed by atoms with Crippen LogP contribution in [-0.4, -0.2) is 47.8 Å². The van der Waals surface area contributed by atoms with E-state index in [0.717, 1.165) is 19.6 Å². The van der Waals surface area contributed by atoms with E-state index in [9.17, 15) is 5.11 Å². The lowest BCUT2D eigenvalue weighted by molar-refractivity contribution is 0.146. The van der Waals surface area contributed by atoms with Crippen LogP contribution in [0.1, 0.15) is 34.1 Å². The van der Waals surface area contributed by atoms with Crippen LogP contribution in [-0.2, 0) is 0 Å². The van der Waals surface area contributed by atoms with Crippen LogP contribution in [0, 0.1) is 5.92 Å². The van der Waals surface area contributed by atoms with Crippen molar-refractivity contribution in [2.45, 2.75) is 45.7 Å². The number of rotatable bonds is 5. The quantitative estimate of drug-likeness (QED) is 0.717. The van der Waals surface area contributed by atoms with Gasteiger partial charge in [-0.1, -0.05) is 13.5 Å². The van der Waals surface area contributed by atoms with Crippen LogP contribution in [0.3, 0.4) is 0 Å². The van der Waals surface area contributed by atoms with E-state index in [-0.39, 0.29) is 12.1 Å². The fourth-order valence-corrected chi connectivity index (χ4v) is 2.31. The molecule has 1 aliphatic rings. The third-order valence-electron chi connectivity index (χ3n) is 3.48. The number of aliphatic hydroxyl groups excluding tert-OH is 1. The van der Waals surface area contributed by atoms with Crippen molar-refractivity contribution in [2.24, 2.45) is 5.92 Å². The van der Waals surface area contributed by atoms with Crippen LogP contribution in [0.4, 0.5) is 0 Å². The van der Waals surface area contributed by atoms with Crippen LogP contribution in [0.15, 0.2) is 12.2 Å². The number of nitrogens with zero attached hydrogens (tertiary/aromatic N) is 1. The van der Waals surface area contributed by atoms with E-state index in [4.69, 9.17) is 0 Å². The molecule has 1 saturated heterocycles. The summed E-state index contributed by atoms with van der Waals surface area (Å²) < 4.78 is 0. The minimum atomic E-state index is 0.137. The lowest BCUT2D eigenvalue weighted by atomic mass is 10.0. The predicted octanol–water partition coefficient (Wildman–Crippen LogP) is 1.63. The molecule has 2 N–H and O–H groups in total. The lowest BCUT2D eigenvalue weighted by Crippen LogP contribution is -2.41. The average molecular weight is 240 g/mol. The van der Waals surface area contributed by atoms with E-state index >= 15 is 0 Å². The molecule has 0 saturated carbocycles. The maximum absolute atomic E-state index is 9.39. The molecule has 0 aromatic carbocycles. The van der Waals surface area contributed by atoms with Crippen molar-refractivity contribution in [2.75, 3.05) is 26.2 Å². The Bertz CT molecular complexity index is 257. The van der Waals surface area contributed by atoms with Crippen molar-refractivity contribution in [3.05, 3.63) is 12.2 Å². The second-order valence-corrected chi connectivity index (χ2v) is 6.34. The standard InChI is InChI=1S/C14H28N2O/c1-11(8-15-14(3,4)5)9-16-7-6-12(2)13(16)10-17/h12-13,15,17H,1,6-10H2,2-5H3. The molecular formula is C14H28N2O. The van der Waals surface area contributed by atoms with Crippen molar-refractivity contribution >= 4 is 0 Å². The molecular weight excluding hydrogens is 212 g/mol. The molecule has 1 heterocycles. The molecule has 0 spiro atoms. The molecule has 2 atom stereocenters. The van der Waals surface area contributed by atoms with Crippen LogP contribution in [0.5, 0.6) is 0 Å². The van der Waals surface area contributed by atoms with Gasteiger partial charge in [0.2, 0.25) is 0 Å². The number of hydrogen-bond donors (Lipinski definition) is 2. The fourth-order valence-electron chi connectivity index (χ4n) is 2.31. The summed E-state index contributed by atoms with van der Waals surface area (Å²) in [5.74, 6) is 0.600. The van der Waals surface area contributed by atoms with Crippen molar-refractivity contribution in [3.63, 3.8) is 0 Å². The molecule has 0 bridgehead atoms. The number of hydrogen-bond acceptors (Lipinski definition) is 3. The molecule has 0 radical (unpaired) electrons. The molecule has 100 valence electrons. The second-order valence-electron chi connectivity index (χ2n) is 6.34. The van der Waals surface area contributed by atoms with Gasteiger partial charge in [-0.15, -0.1) is 0 Å². The van der Waals surface area contributed by atoms with Gasteiger partial charge in [0.1, 0.15) is 0 Å². The van der Waals surface area contributed by atoms with Gasteiger partial charge in [-0.25, -0.2) is 0 Å². The molecule has 3 heteroatoms. The van der Waals surface area contributed by atoms with Crippen molar-refractivity contribution < 1.29 is 5.11 Å². The topological polar surface area (TPSA) is 35.5 Å². The van der Waals surface area contributed by atoms with E-state index in [1.54, 1.807) is 0 Å². The lowest BCUT2D eigenvalue weighted by Gasteiger charge is -2.27. The smallest absolute Gasteiger partial charge is 0.0589 e. The average Bonchev–Trinajstić information content (AvgIpc) is 2.55. The van der Waals surface area contributed by atoms with Gasteiger partial charge in [-0.2, -0.15) is 0 Å². The first kappa shape index (κ1) is 14.7. The third kappa shape index (κ3) is 4.78. The second kappa shape index (κ2) is 5.98. The van der Waals surface area contributed by atoms with Crippen molar-refractivity contribution in [3.8, 4) is 0 Å². The van der Waals surface area contributed by atoms with E-state index in [1.165, 1.54) is 12.0 Å². The first-order valence-electron chi connectivity index (χ1n) is 6.60. The maximum Gasteiger partial charge on any atom is 0.0589 e. The first-order valence-corrected chi connectivity index (χ1v) is 6.60. The van der Waals surface area contributed by atoms with E-state index in [0.29, 0.717) is 12.0 Å². The Morgan fingerprint density at radius 2 is 2.12 bits per heavy atom. The Balaban J connectivity index is 2.36. The van der Waals surface area contributed by atoms with E-state index in [1.807, 2.05) is 0 Å². The summed E-state index contributed by atoms with van der Waals surface area (Å²) in [5, 5.41) is 12.8. The van der Waals surface area contributed by atoms with Crippen LogP contribution >= 0.6 is 0 Å². The highest BCUT2D eigenvalue weighted by molar-refractivity contribution is 5.03. The number of nitrogens with one attached hydrogen (secondary N) is 1. The van der Waals surface area contributed by atoms with Crippen molar-refractivity contribution in [1.82, 2.24) is 10.2 Å². The van der Waals surface area contributed by atoms with Crippen LogP contribution in [0.2, 0.25) is 0 Å². The predicted molar refractivity (Wildman–Crippen MR) is 73.1 cm³/mol. The Hall–Kier alpha value is -0.380. The molecule has 2 unspecified atom stereocenters. The molecule has 0 aromatic heterocycles. The molecule has 17 heavy (non-hydrogen) atoms. The largest absolute Gasteiger partial charge is 0.395 e. The summed E-state index contributed by atoms with van der Waals surface area (Å²) in [6, 6.07) is 0.321. The Labute approximate surface area is 106 Å². The van der Waals surface area contributed by atoms with Crippen LogP contribution < -0.4 is 5.32 Å². The number of aliphatic hydroxyl groups is 1. The molecule has 0 amide bonds. The summed E-state index contributed by atoms with van der Waals surface area (Å²) in [7, 11) is 0. The highest BCUT2D eigenvalue weighted by Crippen LogP contribution is 2.23. The fraction of sp³-hybridized carbons (Fsp3) is 0.857. The zero-order chi connectivity index (χ0) is 13.1. The van der Waals surface area contributed by atoms with Gasteiger partial charge in [-0.3, -0.25) is 4.90 Å².